The van der Waals surface area contributed by atoms with Crippen LogP contribution in [-0.2, 0) is 17.1 Å². The first-order valence-corrected chi connectivity index (χ1v) is 9.96. The van der Waals surface area contributed by atoms with Crippen LogP contribution in [0.5, 0.6) is 0 Å². The van der Waals surface area contributed by atoms with Crippen LogP contribution >= 0.6 is 0 Å². The topological polar surface area (TPSA) is 134 Å². The van der Waals surface area contributed by atoms with Gasteiger partial charge in [0.2, 0.25) is 0 Å². The Hall–Kier alpha value is -3.84. The minimum absolute atomic E-state index is 0.0375. The van der Waals surface area contributed by atoms with Crippen molar-refractivity contribution >= 4 is 26.6 Å². The van der Waals surface area contributed by atoms with Crippen molar-refractivity contribution in [3.63, 3.8) is 0 Å². The maximum Gasteiger partial charge on any atom is 0.439 e. The van der Waals surface area contributed by atoms with E-state index in [-0.39, 0.29) is 10.7 Å². The van der Waals surface area contributed by atoms with Crippen LogP contribution in [0.1, 0.15) is 11.1 Å². The normalized spacial score (nSPS) is 11.5. The average Bonchev–Trinajstić information content (AvgIpc) is 3.28. The first kappa shape index (κ1) is 18.5. The van der Waals surface area contributed by atoms with Crippen molar-refractivity contribution < 1.29 is 12.9 Å². The lowest BCUT2D eigenvalue weighted by Gasteiger charge is -2.12. The number of nitrogens with one attached hydrogen (secondary N) is 2. The van der Waals surface area contributed by atoms with Gasteiger partial charge in [-0.1, -0.05) is 11.2 Å². The quantitative estimate of drug-likeness (QED) is 0.532. The van der Waals surface area contributed by atoms with Crippen molar-refractivity contribution in [3.8, 4) is 17.5 Å². The van der Waals surface area contributed by atoms with Crippen LogP contribution in [0.25, 0.3) is 22.3 Å². The Balaban J connectivity index is 1.73. The molecule has 0 radical (unpaired) electrons. The molecule has 2 N–H and O–H groups in total. The minimum atomic E-state index is -3.89. The second-order valence-electron chi connectivity index (χ2n) is 6.49. The molecule has 0 fully saturated rings. The van der Waals surface area contributed by atoms with Crippen molar-refractivity contribution in [1.29, 1.82) is 5.26 Å². The third-order valence-corrected chi connectivity index (χ3v) is 5.96. The van der Waals surface area contributed by atoms with Gasteiger partial charge in [-0.3, -0.25) is 14.2 Å². The summed E-state index contributed by atoms with van der Waals surface area (Å²) >= 11 is 0. The van der Waals surface area contributed by atoms with Crippen molar-refractivity contribution in [2.24, 2.45) is 7.05 Å². The highest BCUT2D eigenvalue weighted by molar-refractivity contribution is 7.92. The number of aryl methyl sites for hydroxylation is 2. The molecule has 0 bridgehead atoms. The second-order valence-corrected chi connectivity index (χ2v) is 8.18. The average molecular weight is 409 g/mol. The first-order chi connectivity index (χ1) is 13.8. The molecule has 2 aromatic heterocycles. The molecule has 0 amide bonds. The summed E-state index contributed by atoms with van der Waals surface area (Å²) in [6.07, 6.45) is 1.67. The van der Waals surface area contributed by atoms with E-state index in [0.717, 1.165) is 5.56 Å². The zero-order valence-electron chi connectivity index (χ0n) is 15.4. The molecule has 2 heterocycles. The van der Waals surface area contributed by atoms with Crippen LogP contribution in [0.4, 0.5) is 5.69 Å². The SMILES string of the molecule is Cc1ccc(NS(=O)(=O)c2ccc(-c3noc(=O)[nH]3)cc2)c2c1c(C#N)cn2C. The lowest BCUT2D eigenvalue weighted by atomic mass is 10.1. The summed E-state index contributed by atoms with van der Waals surface area (Å²) in [5.74, 6) is -0.485. The van der Waals surface area contributed by atoms with Crippen LogP contribution < -0.4 is 10.5 Å². The number of aromatic nitrogens is 3. The van der Waals surface area contributed by atoms with Crippen LogP contribution in [0.2, 0.25) is 0 Å². The smallest absolute Gasteiger partial charge is 0.347 e. The number of nitrogens with zero attached hydrogens (tertiary/aromatic N) is 3. The Labute approximate surface area is 165 Å². The molecule has 2 aromatic carbocycles. The van der Waals surface area contributed by atoms with E-state index in [9.17, 15) is 18.5 Å². The monoisotopic (exact) mass is 409 g/mol. The van der Waals surface area contributed by atoms with E-state index in [4.69, 9.17) is 0 Å². The van der Waals surface area contributed by atoms with Crippen LogP contribution in [0.15, 0.2) is 56.8 Å². The molecule has 10 heteroatoms. The van der Waals surface area contributed by atoms with Gasteiger partial charge in [-0.05, 0) is 42.8 Å². The molecule has 4 aromatic rings. The molecule has 0 saturated heterocycles. The first-order valence-electron chi connectivity index (χ1n) is 8.48. The largest absolute Gasteiger partial charge is 0.439 e. The standard InChI is InChI=1S/C19H15N5O4S/c1-11-3-8-15(17-16(11)13(9-20)10-24(17)2)23-29(26,27)14-6-4-12(5-7-14)18-21-19(25)28-22-18/h3-8,10,23H,1-2H3,(H,21,22,25). The summed E-state index contributed by atoms with van der Waals surface area (Å²) in [6, 6.07) is 11.4. The maximum atomic E-state index is 12.9. The van der Waals surface area contributed by atoms with E-state index in [1.165, 1.54) is 24.3 Å². The van der Waals surface area contributed by atoms with Crippen LogP contribution in [-0.4, -0.2) is 23.1 Å². The van der Waals surface area contributed by atoms with Gasteiger partial charge in [-0.25, -0.2) is 13.2 Å². The summed E-state index contributed by atoms with van der Waals surface area (Å²) in [7, 11) is -2.13. The summed E-state index contributed by atoms with van der Waals surface area (Å²) < 4.78 is 34.6. The van der Waals surface area contributed by atoms with Gasteiger partial charge in [0.05, 0.1) is 21.7 Å². The molecule has 146 valence electrons. The molecule has 29 heavy (non-hydrogen) atoms. The predicted molar refractivity (Wildman–Crippen MR) is 106 cm³/mol. The summed E-state index contributed by atoms with van der Waals surface area (Å²) in [4.78, 5) is 13.5. The van der Waals surface area contributed by atoms with Crippen molar-refractivity contribution in [2.45, 2.75) is 11.8 Å². The molecule has 0 aliphatic rings. The van der Waals surface area contributed by atoms with E-state index < -0.39 is 15.8 Å². The Bertz CT molecular complexity index is 1440. The number of benzene rings is 2. The van der Waals surface area contributed by atoms with E-state index in [2.05, 4.69) is 25.5 Å². The van der Waals surface area contributed by atoms with Gasteiger partial charge in [0.1, 0.15) is 6.07 Å². The number of sulfonamides is 1. The van der Waals surface area contributed by atoms with Gasteiger partial charge < -0.3 is 4.57 Å². The van der Waals surface area contributed by atoms with E-state index in [0.29, 0.717) is 27.7 Å². The van der Waals surface area contributed by atoms with Crippen molar-refractivity contribution in [2.75, 3.05) is 4.72 Å². The molecule has 0 atom stereocenters. The van der Waals surface area contributed by atoms with Gasteiger partial charge in [-0.2, -0.15) is 5.26 Å². The van der Waals surface area contributed by atoms with Crippen LogP contribution in [0, 0.1) is 18.3 Å². The number of hydrogen-bond acceptors (Lipinski definition) is 6. The zero-order chi connectivity index (χ0) is 20.8. The molecule has 4 rings (SSSR count). The number of H-pyrrole nitrogens is 1. The van der Waals surface area contributed by atoms with Gasteiger partial charge in [0.25, 0.3) is 10.0 Å². The lowest BCUT2D eigenvalue weighted by Crippen LogP contribution is -2.13. The molecule has 0 aliphatic heterocycles. The van der Waals surface area contributed by atoms with Crippen LogP contribution in [0.3, 0.4) is 0 Å². The van der Waals surface area contributed by atoms with Crippen molar-refractivity contribution in [3.05, 3.63) is 64.3 Å². The highest BCUT2D eigenvalue weighted by Crippen LogP contribution is 2.31. The fraction of sp³-hybridized carbons (Fsp3) is 0.105. The fourth-order valence-corrected chi connectivity index (χ4v) is 4.30. The number of nitriles is 1. The summed E-state index contributed by atoms with van der Waals surface area (Å²) in [6.45, 7) is 1.87. The molecular weight excluding hydrogens is 394 g/mol. The molecular formula is C19H15N5O4S. The molecule has 0 saturated carbocycles. The summed E-state index contributed by atoms with van der Waals surface area (Å²) in [5.41, 5.74) is 2.87. The fourth-order valence-electron chi connectivity index (χ4n) is 3.24. The number of hydrogen-bond donors (Lipinski definition) is 2. The number of fused-ring (bicyclic) bond motifs is 1. The molecule has 0 aliphatic carbocycles. The van der Waals surface area contributed by atoms with E-state index >= 15 is 0 Å². The highest BCUT2D eigenvalue weighted by Gasteiger charge is 2.19. The summed E-state index contributed by atoms with van der Waals surface area (Å²) in [5, 5.41) is 13.6. The van der Waals surface area contributed by atoms with Gasteiger partial charge in [0.15, 0.2) is 5.82 Å². The third-order valence-electron chi connectivity index (χ3n) is 4.57. The molecule has 9 nitrogen and oxygen atoms in total. The Morgan fingerprint density at radius 1 is 1.21 bits per heavy atom. The third kappa shape index (κ3) is 3.17. The Morgan fingerprint density at radius 3 is 2.55 bits per heavy atom. The van der Waals surface area contributed by atoms with E-state index in [1.54, 1.807) is 29.9 Å². The number of rotatable bonds is 4. The minimum Gasteiger partial charge on any atom is -0.347 e. The van der Waals surface area contributed by atoms with Gasteiger partial charge in [0, 0.05) is 24.2 Å². The molecule has 0 unspecified atom stereocenters. The predicted octanol–water partition coefficient (Wildman–Crippen LogP) is 2.50. The Kier molecular flexibility index (Phi) is 4.24. The van der Waals surface area contributed by atoms with E-state index in [1.807, 2.05) is 6.92 Å². The van der Waals surface area contributed by atoms with Gasteiger partial charge >= 0.3 is 5.76 Å². The maximum absolute atomic E-state index is 12.9. The lowest BCUT2D eigenvalue weighted by molar-refractivity contribution is 0.388. The molecule has 0 spiro atoms. The zero-order valence-corrected chi connectivity index (χ0v) is 16.2. The second kappa shape index (κ2) is 6.65. The van der Waals surface area contributed by atoms with Gasteiger partial charge in [-0.15, -0.1) is 0 Å². The number of anilines is 1. The number of aromatic amines is 1. The Morgan fingerprint density at radius 2 is 1.93 bits per heavy atom. The van der Waals surface area contributed by atoms with Crippen molar-refractivity contribution in [1.82, 2.24) is 14.7 Å². The highest BCUT2D eigenvalue weighted by atomic mass is 32.2.